The minimum absolute atomic E-state index is 0.178. The molecule has 4 aromatic carbocycles. The lowest BCUT2D eigenvalue weighted by molar-refractivity contribution is 0.598. The number of fused-ring (bicyclic) bond motifs is 3. The number of hydrogen-bond donors (Lipinski definition) is 0. The van der Waals surface area contributed by atoms with Gasteiger partial charge in [-0.2, -0.15) is 0 Å². The molecule has 0 fully saturated rings. The van der Waals surface area contributed by atoms with Gasteiger partial charge in [0.15, 0.2) is 0 Å². The van der Waals surface area contributed by atoms with Crippen LogP contribution in [0.15, 0.2) is 96.9 Å². The van der Waals surface area contributed by atoms with Gasteiger partial charge in [-0.15, -0.1) is 0 Å². The molecule has 5 aromatic rings. The van der Waals surface area contributed by atoms with Crippen LogP contribution in [0.5, 0.6) is 0 Å². The zero-order valence-corrected chi connectivity index (χ0v) is 16.8. The number of nitrogens with zero attached hydrogens (tertiary/aromatic N) is 1. The first-order chi connectivity index (χ1) is 16.1. The van der Waals surface area contributed by atoms with Crippen molar-refractivity contribution in [2.45, 2.75) is 26.2 Å². The van der Waals surface area contributed by atoms with Crippen LogP contribution in [0.3, 0.4) is 0 Å². The first kappa shape index (κ1) is 13.0. The summed E-state index contributed by atoms with van der Waals surface area (Å²) < 4.78 is 43.9. The average Bonchev–Trinajstić information content (AvgIpc) is 3.15. The average molecular weight is 381 g/mol. The van der Waals surface area contributed by atoms with Crippen molar-refractivity contribution >= 4 is 21.8 Å². The van der Waals surface area contributed by atoms with Crippen molar-refractivity contribution in [1.82, 2.24) is 4.57 Å². The van der Waals surface area contributed by atoms with Gasteiger partial charge in [-0.25, -0.2) is 0 Å². The highest BCUT2D eigenvalue weighted by Gasteiger charge is 2.25. The van der Waals surface area contributed by atoms with Crippen molar-refractivity contribution in [1.29, 1.82) is 0 Å². The van der Waals surface area contributed by atoms with Crippen LogP contribution in [-0.4, -0.2) is 4.57 Å². The molecule has 1 nitrogen and oxygen atoms in total. The number of hydrogen-bond acceptors (Lipinski definition) is 0. The third kappa shape index (κ3) is 2.86. The van der Waals surface area contributed by atoms with E-state index in [1.807, 2.05) is 42.5 Å². The molecule has 0 saturated carbocycles. The molecule has 0 amide bonds. The fourth-order valence-corrected chi connectivity index (χ4v) is 4.29. The molecule has 0 atom stereocenters. The number of aromatic nitrogens is 1. The van der Waals surface area contributed by atoms with Gasteiger partial charge in [-0.3, -0.25) is 0 Å². The van der Waals surface area contributed by atoms with E-state index in [2.05, 4.69) is 49.6 Å². The van der Waals surface area contributed by atoms with Crippen LogP contribution in [0.2, 0.25) is 0 Å². The molecule has 0 radical (unpaired) electrons. The molecule has 0 bridgehead atoms. The molecule has 1 aromatic heterocycles. The van der Waals surface area contributed by atoms with Crippen LogP contribution in [0, 0.1) is 0 Å². The number of rotatable bonds is 2. The molecular formula is C28H25N. The van der Waals surface area contributed by atoms with E-state index in [1.54, 1.807) is 0 Å². The van der Waals surface area contributed by atoms with E-state index in [1.165, 1.54) is 0 Å². The fraction of sp³-hybridized carbons (Fsp3) is 0.143. The van der Waals surface area contributed by atoms with Crippen molar-refractivity contribution in [2.24, 2.45) is 0 Å². The van der Waals surface area contributed by atoms with E-state index < -0.39 is 0 Å². The van der Waals surface area contributed by atoms with Gasteiger partial charge in [0.05, 0.1) is 17.9 Å². The Labute approximate surface area is 179 Å². The summed E-state index contributed by atoms with van der Waals surface area (Å²) in [5, 5.41) is 2.11. The second-order valence-electron chi connectivity index (χ2n) is 8.32. The van der Waals surface area contributed by atoms with Crippen LogP contribution in [0.4, 0.5) is 0 Å². The van der Waals surface area contributed by atoms with Gasteiger partial charge < -0.3 is 4.57 Å². The topological polar surface area (TPSA) is 4.93 Å². The SMILES string of the molecule is [2H]c1c([2H])c([2H])c(-c2ccc3c(c2C(C)(C)C)c2ccccc2n3-c2ccccc2)c([2H])c1[2H]. The van der Waals surface area contributed by atoms with Crippen LogP contribution < -0.4 is 0 Å². The number of para-hydroxylation sites is 2. The fourth-order valence-electron chi connectivity index (χ4n) is 4.29. The molecule has 5 rings (SSSR count). The maximum atomic E-state index is 8.61. The van der Waals surface area contributed by atoms with Gasteiger partial charge in [-0.05, 0) is 46.4 Å². The standard InChI is InChI=1S/C28H25N/c1-28(2,3)27-22(20-12-6-4-7-13-20)18-19-25-26(27)23-16-10-11-17-24(23)29(25)21-14-8-5-9-15-21/h4-19H,1-3H3/i4D,6D,7D,12D,13D. The van der Waals surface area contributed by atoms with Crippen molar-refractivity contribution < 1.29 is 6.85 Å². The quantitative estimate of drug-likeness (QED) is 0.295. The Bertz CT molecular complexity index is 1550. The van der Waals surface area contributed by atoms with Crippen LogP contribution in [0.25, 0.3) is 38.6 Å². The summed E-state index contributed by atoms with van der Waals surface area (Å²) in [5.41, 5.74) is 4.66. The lowest BCUT2D eigenvalue weighted by Crippen LogP contribution is -2.13. The van der Waals surface area contributed by atoms with E-state index in [0.29, 0.717) is 5.56 Å². The van der Waals surface area contributed by atoms with Crippen molar-refractivity contribution in [3.63, 3.8) is 0 Å². The summed E-state index contributed by atoms with van der Waals surface area (Å²) in [5.74, 6) is 0. The van der Waals surface area contributed by atoms with Crippen molar-refractivity contribution in [3.05, 3.63) is 103 Å². The summed E-state index contributed by atoms with van der Waals surface area (Å²) >= 11 is 0. The van der Waals surface area contributed by atoms with E-state index in [-0.39, 0.29) is 41.2 Å². The monoisotopic (exact) mass is 380 g/mol. The Hall–Kier alpha value is -3.32. The van der Waals surface area contributed by atoms with Crippen molar-refractivity contribution in [3.8, 4) is 16.8 Å². The summed E-state index contributed by atoms with van der Waals surface area (Å²) in [4.78, 5) is 0. The molecule has 0 aliphatic heterocycles. The van der Waals surface area contributed by atoms with Gasteiger partial charge >= 0.3 is 0 Å². The van der Waals surface area contributed by atoms with Gasteiger partial charge in [0, 0.05) is 16.5 Å². The Morgan fingerprint density at radius 3 is 2.14 bits per heavy atom. The molecule has 0 N–H and O–H groups in total. The smallest absolute Gasteiger partial charge is 0.0629 e. The molecule has 0 unspecified atom stereocenters. The van der Waals surface area contributed by atoms with E-state index in [0.717, 1.165) is 33.1 Å². The van der Waals surface area contributed by atoms with Crippen molar-refractivity contribution in [2.75, 3.05) is 0 Å². The predicted octanol–water partition coefficient (Wildman–Crippen LogP) is 7.75. The molecule has 0 aliphatic carbocycles. The molecule has 0 aliphatic rings. The predicted molar refractivity (Wildman–Crippen MR) is 125 cm³/mol. The minimum Gasteiger partial charge on any atom is -0.309 e. The molecule has 1 heterocycles. The Morgan fingerprint density at radius 2 is 1.41 bits per heavy atom. The van der Waals surface area contributed by atoms with Crippen LogP contribution in [0.1, 0.15) is 33.2 Å². The highest BCUT2D eigenvalue weighted by Crippen LogP contribution is 2.43. The molecule has 0 spiro atoms. The first-order valence-corrected chi connectivity index (χ1v) is 9.82. The molecular weight excluding hydrogens is 350 g/mol. The third-order valence-corrected chi connectivity index (χ3v) is 5.37. The van der Waals surface area contributed by atoms with E-state index in [9.17, 15) is 0 Å². The summed E-state index contributed by atoms with van der Waals surface area (Å²) in [7, 11) is 0. The molecule has 29 heavy (non-hydrogen) atoms. The second-order valence-corrected chi connectivity index (χ2v) is 8.32. The largest absolute Gasteiger partial charge is 0.309 e. The van der Waals surface area contributed by atoms with E-state index in [4.69, 9.17) is 6.85 Å². The zero-order chi connectivity index (χ0) is 24.4. The molecule has 0 saturated heterocycles. The lowest BCUT2D eigenvalue weighted by atomic mass is 9.79. The first-order valence-electron chi connectivity index (χ1n) is 12.3. The Morgan fingerprint density at radius 1 is 0.724 bits per heavy atom. The third-order valence-electron chi connectivity index (χ3n) is 5.37. The highest BCUT2D eigenvalue weighted by molar-refractivity contribution is 6.13. The van der Waals surface area contributed by atoms with E-state index >= 15 is 0 Å². The highest BCUT2D eigenvalue weighted by atomic mass is 15.0. The minimum atomic E-state index is -0.377. The lowest BCUT2D eigenvalue weighted by Gasteiger charge is -2.25. The van der Waals surface area contributed by atoms with Gasteiger partial charge in [0.2, 0.25) is 0 Å². The summed E-state index contributed by atoms with van der Waals surface area (Å²) in [6.45, 7) is 6.32. The Balaban J connectivity index is 2.01. The summed E-state index contributed by atoms with van der Waals surface area (Å²) in [6.07, 6.45) is 0. The second kappa shape index (κ2) is 6.63. The van der Waals surface area contributed by atoms with Gasteiger partial charge in [0.25, 0.3) is 0 Å². The maximum Gasteiger partial charge on any atom is 0.0629 e. The van der Waals surface area contributed by atoms with Crippen LogP contribution in [-0.2, 0) is 5.41 Å². The number of benzene rings is 4. The van der Waals surface area contributed by atoms with Gasteiger partial charge in [-0.1, -0.05) is 93.4 Å². The zero-order valence-electron chi connectivity index (χ0n) is 21.8. The molecule has 142 valence electrons. The molecule has 1 heteroatoms. The van der Waals surface area contributed by atoms with Gasteiger partial charge in [0.1, 0.15) is 0 Å². The summed E-state index contributed by atoms with van der Waals surface area (Å²) in [6, 6.07) is 21.0. The maximum absolute atomic E-state index is 8.61. The Kier molecular flexibility index (Phi) is 2.97. The van der Waals surface area contributed by atoms with Crippen LogP contribution >= 0.6 is 0 Å². The normalized spacial score (nSPS) is 14.4.